The van der Waals surface area contributed by atoms with Crippen molar-refractivity contribution in [2.24, 2.45) is 0 Å². The molecular formula is C16H20N2O. The van der Waals surface area contributed by atoms with Crippen LogP contribution < -0.4 is 10.1 Å². The zero-order chi connectivity index (χ0) is 13.5. The Morgan fingerprint density at radius 3 is 2.63 bits per heavy atom. The van der Waals surface area contributed by atoms with Crippen molar-refractivity contribution < 1.29 is 4.74 Å². The molecule has 0 atom stereocenters. The zero-order valence-electron chi connectivity index (χ0n) is 11.5. The third-order valence-corrected chi connectivity index (χ3v) is 3.17. The predicted molar refractivity (Wildman–Crippen MR) is 77.2 cm³/mol. The summed E-state index contributed by atoms with van der Waals surface area (Å²) in [6, 6.07) is 12.2. The van der Waals surface area contributed by atoms with Gasteiger partial charge in [0.2, 0.25) is 0 Å². The molecule has 1 aromatic carbocycles. The van der Waals surface area contributed by atoms with E-state index in [1.807, 2.05) is 30.5 Å². The van der Waals surface area contributed by atoms with Crippen molar-refractivity contribution in [3.63, 3.8) is 0 Å². The van der Waals surface area contributed by atoms with Gasteiger partial charge in [-0.25, -0.2) is 0 Å². The van der Waals surface area contributed by atoms with Crippen molar-refractivity contribution in [3.05, 3.63) is 59.4 Å². The van der Waals surface area contributed by atoms with Crippen LogP contribution in [0.4, 0.5) is 0 Å². The van der Waals surface area contributed by atoms with E-state index in [0.717, 1.165) is 31.0 Å². The van der Waals surface area contributed by atoms with Crippen LogP contribution in [0.2, 0.25) is 0 Å². The van der Waals surface area contributed by atoms with Crippen LogP contribution in [0.1, 0.15) is 23.7 Å². The minimum Gasteiger partial charge on any atom is -0.496 e. The Morgan fingerprint density at radius 1 is 1.05 bits per heavy atom. The summed E-state index contributed by atoms with van der Waals surface area (Å²) >= 11 is 0. The first-order valence-electron chi connectivity index (χ1n) is 6.60. The fraction of sp³-hybridized carbons (Fsp3) is 0.312. The lowest BCUT2D eigenvalue weighted by Gasteiger charge is -2.10. The Balaban J connectivity index is 1.96. The first-order valence-corrected chi connectivity index (χ1v) is 6.60. The van der Waals surface area contributed by atoms with Gasteiger partial charge >= 0.3 is 0 Å². The van der Waals surface area contributed by atoms with Gasteiger partial charge in [0.25, 0.3) is 0 Å². The van der Waals surface area contributed by atoms with Gasteiger partial charge in [0.1, 0.15) is 5.75 Å². The minimum absolute atomic E-state index is 0.780. The second-order valence-electron chi connectivity index (χ2n) is 4.38. The topological polar surface area (TPSA) is 34.2 Å². The molecule has 0 radical (unpaired) electrons. The van der Waals surface area contributed by atoms with E-state index in [0.29, 0.717) is 0 Å². The lowest BCUT2D eigenvalue weighted by molar-refractivity contribution is 0.407. The fourth-order valence-electron chi connectivity index (χ4n) is 2.12. The number of nitrogens with zero attached hydrogens (tertiary/aromatic N) is 1. The Morgan fingerprint density at radius 2 is 1.84 bits per heavy atom. The van der Waals surface area contributed by atoms with E-state index in [1.165, 1.54) is 11.1 Å². The first-order chi connectivity index (χ1) is 9.35. The van der Waals surface area contributed by atoms with Crippen molar-refractivity contribution in [2.45, 2.75) is 26.4 Å². The molecule has 0 saturated carbocycles. The molecule has 0 aliphatic rings. The molecule has 1 heterocycles. The van der Waals surface area contributed by atoms with Crippen LogP contribution >= 0.6 is 0 Å². The van der Waals surface area contributed by atoms with Crippen LogP contribution in [0.15, 0.2) is 42.6 Å². The van der Waals surface area contributed by atoms with Crippen molar-refractivity contribution in [2.75, 3.05) is 7.11 Å². The number of rotatable bonds is 6. The molecule has 2 aromatic rings. The molecule has 1 N–H and O–H groups in total. The minimum atomic E-state index is 0.780. The van der Waals surface area contributed by atoms with E-state index >= 15 is 0 Å². The summed E-state index contributed by atoms with van der Waals surface area (Å²) in [5, 5.41) is 3.42. The van der Waals surface area contributed by atoms with Crippen LogP contribution in [0.25, 0.3) is 0 Å². The summed E-state index contributed by atoms with van der Waals surface area (Å²) in [4.78, 5) is 4.43. The van der Waals surface area contributed by atoms with Gasteiger partial charge in [-0.05, 0) is 24.1 Å². The van der Waals surface area contributed by atoms with Crippen LogP contribution in [0, 0.1) is 0 Å². The number of hydrogen-bond donors (Lipinski definition) is 1. The third kappa shape index (κ3) is 3.55. The third-order valence-electron chi connectivity index (χ3n) is 3.17. The number of nitrogens with one attached hydrogen (secondary N) is 1. The molecule has 2 rings (SSSR count). The molecule has 3 heteroatoms. The second kappa shape index (κ2) is 6.90. The predicted octanol–water partition coefficient (Wildman–Crippen LogP) is 2.94. The van der Waals surface area contributed by atoms with Crippen LogP contribution in [-0.4, -0.2) is 12.1 Å². The monoisotopic (exact) mass is 256 g/mol. The average molecular weight is 256 g/mol. The van der Waals surface area contributed by atoms with Gasteiger partial charge in [0.15, 0.2) is 0 Å². The molecule has 1 aromatic heterocycles. The van der Waals surface area contributed by atoms with E-state index in [4.69, 9.17) is 4.74 Å². The zero-order valence-corrected chi connectivity index (χ0v) is 11.5. The SMILES string of the molecule is CCc1cccnc1CNCc1ccccc1OC. The molecule has 0 saturated heterocycles. The molecule has 3 nitrogen and oxygen atoms in total. The van der Waals surface area contributed by atoms with Gasteiger partial charge in [-0.1, -0.05) is 31.2 Å². The highest BCUT2D eigenvalue weighted by Gasteiger charge is 2.03. The number of para-hydroxylation sites is 1. The quantitative estimate of drug-likeness (QED) is 0.863. The van der Waals surface area contributed by atoms with Gasteiger partial charge in [-0.15, -0.1) is 0 Å². The Kier molecular flexibility index (Phi) is 4.93. The Hall–Kier alpha value is -1.87. The van der Waals surface area contributed by atoms with Gasteiger partial charge in [-0.2, -0.15) is 0 Å². The molecule has 0 spiro atoms. The maximum atomic E-state index is 5.34. The van der Waals surface area contributed by atoms with E-state index in [-0.39, 0.29) is 0 Å². The highest BCUT2D eigenvalue weighted by Crippen LogP contribution is 2.17. The molecule has 0 aliphatic heterocycles. The summed E-state index contributed by atoms with van der Waals surface area (Å²) in [5.74, 6) is 0.923. The maximum Gasteiger partial charge on any atom is 0.123 e. The number of methoxy groups -OCH3 is 1. The van der Waals surface area contributed by atoms with Crippen LogP contribution in [0.3, 0.4) is 0 Å². The largest absolute Gasteiger partial charge is 0.496 e. The molecule has 0 unspecified atom stereocenters. The van der Waals surface area contributed by atoms with Gasteiger partial charge in [0, 0.05) is 24.8 Å². The van der Waals surface area contributed by atoms with E-state index in [9.17, 15) is 0 Å². The van der Waals surface area contributed by atoms with Crippen LogP contribution in [-0.2, 0) is 19.5 Å². The molecule has 0 fully saturated rings. The van der Waals surface area contributed by atoms with Crippen LogP contribution in [0.5, 0.6) is 5.75 Å². The Bertz CT molecular complexity index is 478. The molecular weight excluding hydrogens is 236 g/mol. The highest BCUT2D eigenvalue weighted by molar-refractivity contribution is 5.33. The smallest absolute Gasteiger partial charge is 0.123 e. The average Bonchev–Trinajstić information content (AvgIpc) is 2.48. The maximum absolute atomic E-state index is 5.34. The summed E-state index contributed by atoms with van der Waals surface area (Å²) in [6.45, 7) is 3.71. The molecule has 0 amide bonds. The summed E-state index contributed by atoms with van der Waals surface area (Å²) < 4.78 is 5.34. The molecule has 100 valence electrons. The van der Waals surface area contributed by atoms with E-state index in [1.54, 1.807) is 7.11 Å². The number of ether oxygens (including phenoxy) is 1. The summed E-state index contributed by atoms with van der Waals surface area (Å²) in [6.07, 6.45) is 2.86. The number of aryl methyl sites for hydroxylation is 1. The van der Waals surface area contributed by atoms with Crippen molar-refractivity contribution in [1.29, 1.82) is 0 Å². The van der Waals surface area contributed by atoms with E-state index in [2.05, 4.69) is 29.4 Å². The molecule has 19 heavy (non-hydrogen) atoms. The first kappa shape index (κ1) is 13.6. The second-order valence-corrected chi connectivity index (χ2v) is 4.38. The normalized spacial score (nSPS) is 10.4. The summed E-state index contributed by atoms with van der Waals surface area (Å²) in [5.41, 5.74) is 3.59. The molecule has 0 bridgehead atoms. The van der Waals surface area contributed by atoms with Crippen molar-refractivity contribution in [1.82, 2.24) is 10.3 Å². The Labute approximate surface area is 114 Å². The number of hydrogen-bond acceptors (Lipinski definition) is 3. The summed E-state index contributed by atoms with van der Waals surface area (Å²) in [7, 11) is 1.70. The van der Waals surface area contributed by atoms with E-state index < -0.39 is 0 Å². The van der Waals surface area contributed by atoms with Crippen molar-refractivity contribution in [3.8, 4) is 5.75 Å². The number of benzene rings is 1. The lowest BCUT2D eigenvalue weighted by atomic mass is 10.1. The fourth-order valence-corrected chi connectivity index (χ4v) is 2.12. The van der Waals surface area contributed by atoms with Gasteiger partial charge in [-0.3, -0.25) is 4.98 Å². The number of aromatic nitrogens is 1. The standard InChI is InChI=1S/C16H20N2O/c1-3-13-8-6-10-18-15(13)12-17-11-14-7-4-5-9-16(14)19-2/h4-10,17H,3,11-12H2,1-2H3. The molecule has 0 aliphatic carbocycles. The van der Waals surface area contributed by atoms with Crippen molar-refractivity contribution >= 4 is 0 Å². The highest BCUT2D eigenvalue weighted by atomic mass is 16.5. The van der Waals surface area contributed by atoms with Gasteiger partial charge in [0.05, 0.1) is 12.8 Å². The lowest BCUT2D eigenvalue weighted by Crippen LogP contribution is -2.15. The number of pyridine rings is 1. The van der Waals surface area contributed by atoms with Gasteiger partial charge < -0.3 is 10.1 Å².